The number of carbonyl (C=O) groups excluding carboxylic acids is 1. The van der Waals surface area contributed by atoms with Gasteiger partial charge >= 0.3 is 5.97 Å². The van der Waals surface area contributed by atoms with Crippen LogP contribution in [0.5, 0.6) is 0 Å². The normalized spacial score (nSPS) is 14.9. The van der Waals surface area contributed by atoms with E-state index in [1.54, 1.807) is 19.3 Å². The SMILES string of the molecule is CN=CC/C=C(\C=C/NS(=O)(=O)CC[Si](C)(C)C)C[C@@H](N)C(=O)OC. The topological polar surface area (TPSA) is 111 Å². The molecule has 0 aliphatic carbocycles. The molecule has 25 heavy (non-hydrogen) atoms. The highest BCUT2D eigenvalue weighted by Gasteiger charge is 2.18. The maximum atomic E-state index is 12.0. The number of rotatable bonds is 11. The van der Waals surface area contributed by atoms with Gasteiger partial charge in [-0.2, -0.15) is 0 Å². The third-order valence-corrected chi connectivity index (χ3v) is 6.64. The van der Waals surface area contributed by atoms with Gasteiger partial charge in [0.15, 0.2) is 0 Å². The van der Waals surface area contributed by atoms with E-state index in [0.717, 1.165) is 5.57 Å². The van der Waals surface area contributed by atoms with Crippen molar-refractivity contribution in [2.24, 2.45) is 10.7 Å². The van der Waals surface area contributed by atoms with Gasteiger partial charge in [-0.15, -0.1) is 0 Å². The van der Waals surface area contributed by atoms with Gasteiger partial charge in [0.05, 0.1) is 12.9 Å². The summed E-state index contributed by atoms with van der Waals surface area (Å²) in [5.41, 5.74) is 6.50. The fraction of sp³-hybridized carbons (Fsp3) is 0.625. The maximum Gasteiger partial charge on any atom is 0.322 e. The molecule has 0 unspecified atom stereocenters. The predicted octanol–water partition coefficient (Wildman–Crippen LogP) is 1.67. The fourth-order valence-electron chi connectivity index (χ4n) is 1.76. The van der Waals surface area contributed by atoms with Gasteiger partial charge in [-0.25, -0.2) is 8.42 Å². The van der Waals surface area contributed by atoms with E-state index in [-0.39, 0.29) is 12.2 Å². The van der Waals surface area contributed by atoms with Crippen molar-refractivity contribution in [3.05, 3.63) is 23.9 Å². The monoisotopic (exact) mass is 389 g/mol. The molecule has 0 amide bonds. The van der Waals surface area contributed by atoms with Gasteiger partial charge in [0.2, 0.25) is 10.0 Å². The zero-order chi connectivity index (χ0) is 19.5. The van der Waals surface area contributed by atoms with Crippen LogP contribution in [0.4, 0.5) is 0 Å². The Bertz CT molecular complexity index is 607. The molecule has 1 atom stereocenters. The van der Waals surface area contributed by atoms with Crippen molar-refractivity contribution in [3.63, 3.8) is 0 Å². The van der Waals surface area contributed by atoms with Crippen molar-refractivity contribution in [1.82, 2.24) is 4.72 Å². The van der Waals surface area contributed by atoms with Crippen molar-refractivity contribution in [2.75, 3.05) is 19.9 Å². The molecule has 0 radical (unpaired) electrons. The van der Waals surface area contributed by atoms with Crippen LogP contribution in [0.2, 0.25) is 25.7 Å². The quantitative estimate of drug-likeness (QED) is 0.242. The highest BCUT2D eigenvalue weighted by molar-refractivity contribution is 7.89. The number of nitrogens with zero attached hydrogens (tertiary/aromatic N) is 1. The first-order valence-corrected chi connectivity index (χ1v) is 13.5. The number of aliphatic imine (C=N–C) groups is 1. The summed E-state index contributed by atoms with van der Waals surface area (Å²) in [6, 6.07) is -0.109. The van der Waals surface area contributed by atoms with Crippen molar-refractivity contribution >= 4 is 30.3 Å². The zero-order valence-electron chi connectivity index (χ0n) is 15.8. The van der Waals surface area contributed by atoms with Crippen LogP contribution < -0.4 is 10.5 Å². The summed E-state index contributed by atoms with van der Waals surface area (Å²) in [6.07, 6.45) is 7.33. The largest absolute Gasteiger partial charge is 0.468 e. The van der Waals surface area contributed by atoms with E-state index in [9.17, 15) is 13.2 Å². The highest BCUT2D eigenvalue weighted by atomic mass is 32.2. The molecule has 0 saturated carbocycles. The van der Waals surface area contributed by atoms with Crippen molar-refractivity contribution < 1.29 is 17.9 Å². The van der Waals surface area contributed by atoms with Gasteiger partial charge in [0.25, 0.3) is 0 Å². The Balaban J connectivity index is 4.91. The molecule has 0 aliphatic heterocycles. The minimum atomic E-state index is -3.36. The number of nitrogens with one attached hydrogen (secondary N) is 1. The summed E-state index contributed by atoms with van der Waals surface area (Å²) in [4.78, 5) is 15.3. The van der Waals surface area contributed by atoms with Gasteiger partial charge < -0.3 is 15.5 Å². The summed E-state index contributed by atoms with van der Waals surface area (Å²) < 4.78 is 31.1. The number of ether oxygens (including phenoxy) is 1. The second-order valence-electron chi connectivity index (χ2n) is 6.87. The van der Waals surface area contributed by atoms with E-state index in [2.05, 4.69) is 34.1 Å². The van der Waals surface area contributed by atoms with Crippen molar-refractivity contribution in [1.29, 1.82) is 0 Å². The molecule has 144 valence electrons. The van der Waals surface area contributed by atoms with Gasteiger partial charge in [0.1, 0.15) is 6.04 Å². The summed E-state index contributed by atoms with van der Waals surface area (Å²) in [5.74, 6) is -0.407. The lowest BCUT2D eigenvalue weighted by Crippen LogP contribution is -2.31. The minimum absolute atomic E-state index is 0.107. The minimum Gasteiger partial charge on any atom is -0.468 e. The van der Waals surface area contributed by atoms with Gasteiger partial charge in [-0.1, -0.05) is 25.7 Å². The molecule has 0 fully saturated rings. The van der Waals surface area contributed by atoms with Crippen molar-refractivity contribution in [3.8, 4) is 0 Å². The van der Waals surface area contributed by atoms with Crippen LogP contribution in [0.1, 0.15) is 12.8 Å². The average Bonchev–Trinajstić information content (AvgIpc) is 2.51. The second-order valence-corrected chi connectivity index (χ2v) is 14.4. The van der Waals surface area contributed by atoms with Gasteiger partial charge in [-0.05, 0) is 24.1 Å². The number of methoxy groups -OCH3 is 1. The van der Waals surface area contributed by atoms with Crippen LogP contribution in [-0.2, 0) is 19.6 Å². The molecule has 0 aromatic heterocycles. The standard InChI is InChI=1S/C16H31N3O4SSi/c1-18-9-6-7-14(13-15(17)16(20)23-2)8-10-19-24(21,22)11-12-25(3,4)5/h7-10,15,19H,6,11-13,17H2,1-5H3/b10-8-,14-7+,18-9?/t15-/m1/s1. The molecule has 9 heteroatoms. The first kappa shape index (κ1) is 23.5. The lowest BCUT2D eigenvalue weighted by Gasteiger charge is -2.15. The molecule has 3 N–H and O–H groups in total. The van der Waals surface area contributed by atoms with Crippen LogP contribution in [0.15, 0.2) is 28.9 Å². The zero-order valence-corrected chi connectivity index (χ0v) is 17.6. The summed E-state index contributed by atoms with van der Waals surface area (Å²) in [5, 5.41) is 0. The van der Waals surface area contributed by atoms with Crippen molar-refractivity contribution in [2.45, 2.75) is 44.6 Å². The molecular formula is C16H31N3O4SSi. The molecule has 0 heterocycles. The maximum absolute atomic E-state index is 12.0. The van der Waals surface area contributed by atoms with E-state index in [1.807, 2.05) is 6.08 Å². The first-order valence-electron chi connectivity index (χ1n) is 8.10. The fourth-order valence-corrected chi connectivity index (χ4v) is 5.68. The smallest absolute Gasteiger partial charge is 0.322 e. The van der Waals surface area contributed by atoms with Crippen LogP contribution >= 0.6 is 0 Å². The van der Waals surface area contributed by atoms with E-state index in [4.69, 9.17) is 5.73 Å². The molecule has 0 rings (SSSR count). The third kappa shape index (κ3) is 12.5. The number of carbonyl (C=O) groups is 1. The molecule has 0 bridgehead atoms. The molecule has 7 nitrogen and oxygen atoms in total. The van der Waals surface area contributed by atoms with E-state index < -0.39 is 30.1 Å². The Kier molecular flexibility index (Phi) is 10.6. The lowest BCUT2D eigenvalue weighted by atomic mass is 10.1. The van der Waals surface area contributed by atoms with E-state index in [1.165, 1.54) is 13.3 Å². The number of esters is 1. The Morgan fingerprint density at radius 3 is 2.52 bits per heavy atom. The van der Waals surface area contributed by atoms with E-state index >= 15 is 0 Å². The molecule has 0 spiro atoms. The lowest BCUT2D eigenvalue weighted by molar-refractivity contribution is -0.142. The van der Waals surface area contributed by atoms with Gasteiger partial charge in [0, 0.05) is 34.0 Å². The summed E-state index contributed by atoms with van der Waals surface area (Å²) >= 11 is 0. The highest BCUT2D eigenvalue weighted by Crippen LogP contribution is 2.10. The number of hydrogen-bond donors (Lipinski definition) is 2. The average molecular weight is 390 g/mol. The first-order chi connectivity index (χ1) is 11.5. The number of hydrogen-bond acceptors (Lipinski definition) is 6. The molecule has 0 aliphatic rings. The Hall–Kier alpha value is -1.45. The molecular weight excluding hydrogens is 358 g/mol. The number of nitrogens with two attached hydrogens (primary N) is 1. The molecule has 0 aromatic rings. The van der Waals surface area contributed by atoms with Crippen LogP contribution in [0, 0.1) is 0 Å². The Morgan fingerprint density at radius 2 is 2.00 bits per heavy atom. The third-order valence-electron chi connectivity index (χ3n) is 3.29. The van der Waals surface area contributed by atoms with E-state index in [0.29, 0.717) is 12.5 Å². The predicted molar refractivity (Wildman–Crippen MR) is 106 cm³/mol. The molecule has 0 saturated heterocycles. The van der Waals surface area contributed by atoms with Gasteiger partial charge in [-0.3, -0.25) is 9.52 Å². The summed E-state index contributed by atoms with van der Waals surface area (Å²) in [6.45, 7) is 6.38. The Labute approximate surface area is 152 Å². The van der Waals surface area contributed by atoms with Crippen LogP contribution in [-0.4, -0.2) is 54.6 Å². The summed E-state index contributed by atoms with van der Waals surface area (Å²) in [7, 11) is -1.85. The Morgan fingerprint density at radius 1 is 1.36 bits per heavy atom. The number of allylic oxidation sites excluding steroid dienone is 2. The second kappa shape index (κ2) is 11.2. The number of sulfonamides is 1. The van der Waals surface area contributed by atoms with Crippen LogP contribution in [0.3, 0.4) is 0 Å². The van der Waals surface area contributed by atoms with Crippen LogP contribution in [0.25, 0.3) is 0 Å². The molecule has 0 aromatic carbocycles.